The van der Waals surface area contributed by atoms with Gasteiger partial charge in [0.1, 0.15) is 0 Å². The van der Waals surface area contributed by atoms with Gasteiger partial charge < -0.3 is 19.8 Å². The molecule has 1 amide bonds. The Kier molecular flexibility index (Phi) is 6.49. The van der Waals surface area contributed by atoms with E-state index in [0.717, 1.165) is 38.2 Å². The molecule has 1 aliphatic heterocycles. The number of benzene rings is 1. The number of carbonyl (C=O) groups excluding carboxylic acids is 1. The van der Waals surface area contributed by atoms with Gasteiger partial charge in [0.25, 0.3) is 5.91 Å². The van der Waals surface area contributed by atoms with Crippen molar-refractivity contribution in [3.63, 3.8) is 0 Å². The molecule has 0 bridgehead atoms. The topological polar surface area (TPSA) is 79.5 Å². The SMILES string of the molecule is COc1ccccc1OCC(=O)NCC1CCCN(Cc2cnc[nH]2)C1. The number of hydrogen-bond donors (Lipinski definition) is 2. The Morgan fingerprint density at radius 1 is 1.38 bits per heavy atom. The van der Waals surface area contributed by atoms with Crippen LogP contribution in [0.4, 0.5) is 0 Å². The van der Waals surface area contributed by atoms with Gasteiger partial charge in [0.15, 0.2) is 18.1 Å². The lowest BCUT2D eigenvalue weighted by molar-refractivity contribution is -0.123. The number of rotatable bonds is 8. The average molecular weight is 358 g/mol. The average Bonchev–Trinajstić information content (AvgIpc) is 3.18. The minimum atomic E-state index is -0.110. The van der Waals surface area contributed by atoms with E-state index in [0.29, 0.717) is 24.0 Å². The summed E-state index contributed by atoms with van der Waals surface area (Å²) in [6.45, 7) is 3.60. The highest BCUT2D eigenvalue weighted by atomic mass is 16.5. The van der Waals surface area contributed by atoms with Crippen LogP contribution in [0.5, 0.6) is 11.5 Å². The zero-order valence-corrected chi connectivity index (χ0v) is 15.1. The molecular weight excluding hydrogens is 332 g/mol. The summed E-state index contributed by atoms with van der Waals surface area (Å²) in [6, 6.07) is 7.32. The van der Waals surface area contributed by atoms with Gasteiger partial charge in [-0.3, -0.25) is 9.69 Å². The van der Waals surface area contributed by atoms with E-state index in [1.54, 1.807) is 19.5 Å². The van der Waals surface area contributed by atoms with Crippen molar-refractivity contribution in [1.82, 2.24) is 20.2 Å². The number of nitrogens with zero attached hydrogens (tertiary/aromatic N) is 2. The van der Waals surface area contributed by atoms with Crippen LogP contribution in [0.2, 0.25) is 0 Å². The van der Waals surface area contributed by atoms with Crippen molar-refractivity contribution >= 4 is 5.91 Å². The molecule has 1 aliphatic rings. The number of carbonyl (C=O) groups is 1. The summed E-state index contributed by atoms with van der Waals surface area (Å²) in [4.78, 5) is 21.7. The predicted octanol–water partition coefficient (Wildman–Crippen LogP) is 1.83. The lowest BCUT2D eigenvalue weighted by Crippen LogP contribution is -2.41. The van der Waals surface area contributed by atoms with Crippen molar-refractivity contribution in [1.29, 1.82) is 0 Å². The number of ether oxygens (including phenoxy) is 2. The van der Waals surface area contributed by atoms with Crippen LogP contribution < -0.4 is 14.8 Å². The van der Waals surface area contributed by atoms with Crippen LogP contribution in [0.3, 0.4) is 0 Å². The van der Waals surface area contributed by atoms with E-state index in [2.05, 4.69) is 20.2 Å². The highest BCUT2D eigenvalue weighted by Crippen LogP contribution is 2.25. The van der Waals surface area contributed by atoms with Crippen LogP contribution in [0.15, 0.2) is 36.8 Å². The number of hydrogen-bond acceptors (Lipinski definition) is 5. The first-order valence-electron chi connectivity index (χ1n) is 8.96. The molecule has 0 radical (unpaired) electrons. The van der Waals surface area contributed by atoms with Crippen molar-refractivity contribution in [2.45, 2.75) is 19.4 Å². The fourth-order valence-electron chi connectivity index (χ4n) is 3.26. The zero-order chi connectivity index (χ0) is 18.2. The van der Waals surface area contributed by atoms with Gasteiger partial charge in [0.05, 0.1) is 13.4 Å². The number of methoxy groups -OCH3 is 1. The molecule has 7 heteroatoms. The molecule has 1 aromatic carbocycles. The normalized spacial score (nSPS) is 17.7. The van der Waals surface area contributed by atoms with Crippen LogP contribution >= 0.6 is 0 Å². The lowest BCUT2D eigenvalue weighted by Gasteiger charge is -2.32. The zero-order valence-electron chi connectivity index (χ0n) is 15.1. The minimum Gasteiger partial charge on any atom is -0.493 e. The number of likely N-dealkylation sites (tertiary alicyclic amines) is 1. The summed E-state index contributed by atoms with van der Waals surface area (Å²) in [6.07, 6.45) is 5.85. The third-order valence-corrected chi connectivity index (χ3v) is 4.57. The van der Waals surface area contributed by atoms with E-state index in [1.807, 2.05) is 24.4 Å². The standard InChI is InChI=1S/C19H26N4O3/c1-25-17-6-2-3-7-18(17)26-13-19(24)21-9-15-5-4-8-23(11-15)12-16-10-20-14-22-16/h2-3,6-7,10,14-15H,4-5,8-9,11-13H2,1H3,(H,20,22)(H,21,24). The Balaban J connectivity index is 1.39. The van der Waals surface area contributed by atoms with Crippen LogP contribution in [0.25, 0.3) is 0 Å². The summed E-state index contributed by atoms with van der Waals surface area (Å²) in [5.74, 6) is 1.55. The van der Waals surface area contributed by atoms with E-state index >= 15 is 0 Å². The van der Waals surface area contributed by atoms with Gasteiger partial charge in [0, 0.05) is 31.5 Å². The van der Waals surface area contributed by atoms with Gasteiger partial charge >= 0.3 is 0 Å². The maximum atomic E-state index is 12.1. The monoisotopic (exact) mass is 358 g/mol. The molecule has 26 heavy (non-hydrogen) atoms. The maximum absolute atomic E-state index is 12.1. The maximum Gasteiger partial charge on any atom is 0.257 e. The van der Waals surface area contributed by atoms with Gasteiger partial charge in [-0.15, -0.1) is 0 Å². The van der Waals surface area contributed by atoms with Gasteiger partial charge in [-0.2, -0.15) is 0 Å². The largest absolute Gasteiger partial charge is 0.493 e. The number of piperidine rings is 1. The summed E-state index contributed by atoms with van der Waals surface area (Å²) in [5.41, 5.74) is 1.12. The van der Waals surface area contributed by atoms with E-state index in [9.17, 15) is 4.79 Å². The van der Waals surface area contributed by atoms with Crippen molar-refractivity contribution in [3.05, 3.63) is 42.5 Å². The predicted molar refractivity (Wildman–Crippen MR) is 98.1 cm³/mol. The number of nitrogens with one attached hydrogen (secondary N) is 2. The molecule has 2 aromatic rings. The molecule has 1 saturated heterocycles. The van der Waals surface area contributed by atoms with Crippen molar-refractivity contribution in [2.24, 2.45) is 5.92 Å². The second-order valence-corrected chi connectivity index (χ2v) is 6.56. The van der Waals surface area contributed by atoms with E-state index < -0.39 is 0 Å². The van der Waals surface area contributed by atoms with Crippen molar-refractivity contribution in [3.8, 4) is 11.5 Å². The highest BCUT2D eigenvalue weighted by Gasteiger charge is 2.21. The van der Waals surface area contributed by atoms with Gasteiger partial charge in [-0.1, -0.05) is 12.1 Å². The summed E-state index contributed by atoms with van der Waals surface area (Å²) in [5, 5.41) is 2.99. The van der Waals surface area contributed by atoms with Gasteiger partial charge in [0.2, 0.25) is 0 Å². The Morgan fingerprint density at radius 3 is 3.00 bits per heavy atom. The molecule has 2 N–H and O–H groups in total. The number of aromatic amines is 1. The van der Waals surface area contributed by atoms with Crippen LogP contribution in [0, 0.1) is 5.92 Å². The molecule has 1 aromatic heterocycles. The van der Waals surface area contributed by atoms with Crippen LogP contribution in [-0.2, 0) is 11.3 Å². The van der Waals surface area contributed by atoms with E-state index in [-0.39, 0.29) is 12.5 Å². The third kappa shape index (κ3) is 5.23. The van der Waals surface area contributed by atoms with Gasteiger partial charge in [-0.25, -0.2) is 4.98 Å². The first kappa shape index (κ1) is 18.3. The molecule has 1 atom stereocenters. The number of para-hydroxylation sites is 2. The van der Waals surface area contributed by atoms with E-state index in [1.165, 1.54) is 0 Å². The Bertz CT molecular complexity index is 690. The molecule has 1 fully saturated rings. The summed E-state index contributed by atoms with van der Waals surface area (Å²) < 4.78 is 10.8. The lowest BCUT2D eigenvalue weighted by atomic mass is 9.98. The molecule has 0 saturated carbocycles. The first-order chi connectivity index (χ1) is 12.7. The van der Waals surface area contributed by atoms with Gasteiger partial charge in [-0.05, 0) is 37.4 Å². The third-order valence-electron chi connectivity index (χ3n) is 4.57. The van der Waals surface area contributed by atoms with Crippen molar-refractivity contribution < 1.29 is 14.3 Å². The second-order valence-electron chi connectivity index (χ2n) is 6.56. The second kappa shape index (κ2) is 9.24. The molecule has 1 unspecified atom stereocenters. The Labute approximate surface area is 153 Å². The number of imidazole rings is 1. The molecule has 0 spiro atoms. The fraction of sp³-hybridized carbons (Fsp3) is 0.474. The molecule has 140 valence electrons. The number of aromatic nitrogens is 2. The van der Waals surface area contributed by atoms with E-state index in [4.69, 9.17) is 9.47 Å². The summed E-state index contributed by atoms with van der Waals surface area (Å²) in [7, 11) is 1.58. The van der Waals surface area contributed by atoms with Crippen LogP contribution in [0.1, 0.15) is 18.5 Å². The van der Waals surface area contributed by atoms with Crippen molar-refractivity contribution in [2.75, 3.05) is 33.4 Å². The molecule has 2 heterocycles. The first-order valence-corrected chi connectivity index (χ1v) is 8.96. The Morgan fingerprint density at radius 2 is 2.23 bits per heavy atom. The molecule has 3 rings (SSSR count). The number of amides is 1. The molecule has 7 nitrogen and oxygen atoms in total. The minimum absolute atomic E-state index is 0.00898. The fourth-order valence-corrected chi connectivity index (χ4v) is 3.26. The molecular formula is C19H26N4O3. The smallest absolute Gasteiger partial charge is 0.257 e. The Hall–Kier alpha value is -2.54. The molecule has 0 aliphatic carbocycles. The summed E-state index contributed by atoms with van der Waals surface area (Å²) >= 11 is 0. The number of H-pyrrole nitrogens is 1. The highest BCUT2D eigenvalue weighted by molar-refractivity contribution is 5.77. The quantitative estimate of drug-likeness (QED) is 0.753. The van der Waals surface area contributed by atoms with Crippen LogP contribution in [-0.4, -0.2) is 54.1 Å².